The van der Waals surface area contributed by atoms with Gasteiger partial charge in [-0.15, -0.1) is 11.8 Å². The average Bonchev–Trinajstić information content (AvgIpc) is 2.31. The second-order valence-electron chi connectivity index (χ2n) is 3.40. The first-order valence-electron chi connectivity index (χ1n) is 5.12. The van der Waals surface area contributed by atoms with Gasteiger partial charge < -0.3 is 5.32 Å². The van der Waals surface area contributed by atoms with E-state index in [4.69, 9.17) is 0 Å². The smallest absolute Gasteiger partial charge is 0.0325 e. The molecule has 1 N–H and O–H groups in total. The number of thioether (sulfide) groups is 2. The molecular weight excluding hydrogens is 222 g/mol. The summed E-state index contributed by atoms with van der Waals surface area (Å²) in [4.78, 5) is 1.33. The van der Waals surface area contributed by atoms with E-state index in [1.165, 1.54) is 22.6 Å². The highest BCUT2D eigenvalue weighted by Crippen LogP contribution is 2.21. The first kappa shape index (κ1) is 12.9. The van der Waals surface area contributed by atoms with E-state index in [2.05, 4.69) is 42.1 Å². The highest BCUT2D eigenvalue weighted by Gasteiger charge is 2.07. The van der Waals surface area contributed by atoms with Crippen molar-refractivity contribution in [3.63, 3.8) is 0 Å². The fourth-order valence-electron chi connectivity index (χ4n) is 1.55. The third-order valence-electron chi connectivity index (χ3n) is 2.48. The van der Waals surface area contributed by atoms with Gasteiger partial charge in [-0.3, -0.25) is 0 Å². The number of benzene rings is 1. The van der Waals surface area contributed by atoms with E-state index in [0.29, 0.717) is 6.04 Å². The summed E-state index contributed by atoms with van der Waals surface area (Å²) in [7, 11) is 2.04. The zero-order valence-corrected chi connectivity index (χ0v) is 11.3. The number of hydrogen-bond donors (Lipinski definition) is 1. The van der Waals surface area contributed by atoms with E-state index in [9.17, 15) is 0 Å². The maximum atomic E-state index is 3.37. The fourth-order valence-corrected chi connectivity index (χ4v) is 2.43. The van der Waals surface area contributed by atoms with E-state index in [1.54, 1.807) is 11.8 Å². The molecule has 0 fully saturated rings. The van der Waals surface area contributed by atoms with Crippen molar-refractivity contribution in [1.82, 2.24) is 5.32 Å². The Hall–Kier alpha value is -0.120. The summed E-state index contributed by atoms with van der Waals surface area (Å²) < 4.78 is 0. The molecule has 0 aromatic heterocycles. The van der Waals surface area contributed by atoms with Crippen molar-refractivity contribution in [3.05, 3.63) is 29.8 Å². The molecule has 0 spiro atoms. The average molecular weight is 241 g/mol. The zero-order valence-electron chi connectivity index (χ0n) is 9.62. The summed E-state index contributed by atoms with van der Waals surface area (Å²) in [6.07, 6.45) is 5.46. The van der Waals surface area contributed by atoms with E-state index >= 15 is 0 Å². The quantitative estimate of drug-likeness (QED) is 0.766. The molecule has 0 aliphatic rings. The molecule has 15 heavy (non-hydrogen) atoms. The largest absolute Gasteiger partial charge is 0.313 e. The van der Waals surface area contributed by atoms with Gasteiger partial charge in [-0.2, -0.15) is 11.8 Å². The predicted molar refractivity (Wildman–Crippen MR) is 73.0 cm³/mol. The third-order valence-corrected chi connectivity index (χ3v) is 3.86. The highest BCUT2D eigenvalue weighted by atomic mass is 32.2. The lowest BCUT2D eigenvalue weighted by Gasteiger charge is -2.16. The lowest BCUT2D eigenvalue weighted by atomic mass is 10.1. The van der Waals surface area contributed by atoms with Crippen molar-refractivity contribution in [1.29, 1.82) is 0 Å². The van der Waals surface area contributed by atoms with Crippen LogP contribution in [0.25, 0.3) is 0 Å². The first-order chi connectivity index (χ1) is 7.31. The van der Waals surface area contributed by atoms with Crippen LogP contribution in [0, 0.1) is 0 Å². The first-order valence-corrected chi connectivity index (χ1v) is 7.73. The molecule has 1 unspecified atom stereocenters. The Morgan fingerprint density at radius 2 is 1.87 bits per heavy atom. The third kappa shape index (κ3) is 4.09. The van der Waals surface area contributed by atoms with Crippen LogP contribution in [0.2, 0.25) is 0 Å². The van der Waals surface area contributed by atoms with Gasteiger partial charge in [0.05, 0.1) is 0 Å². The molecule has 0 amide bonds. The van der Waals surface area contributed by atoms with Crippen LogP contribution in [0.15, 0.2) is 29.2 Å². The van der Waals surface area contributed by atoms with E-state index in [1.807, 2.05) is 18.8 Å². The van der Waals surface area contributed by atoms with E-state index in [-0.39, 0.29) is 0 Å². The molecule has 0 bridgehead atoms. The van der Waals surface area contributed by atoms with Crippen molar-refractivity contribution < 1.29 is 0 Å². The molecular formula is C12H19NS2. The molecule has 1 rings (SSSR count). The molecule has 0 radical (unpaired) electrons. The number of rotatable bonds is 6. The van der Waals surface area contributed by atoms with Gasteiger partial charge in [0.2, 0.25) is 0 Å². The molecule has 0 aliphatic heterocycles. The van der Waals surface area contributed by atoms with Crippen LogP contribution in [0.3, 0.4) is 0 Å². The molecule has 3 heteroatoms. The van der Waals surface area contributed by atoms with Gasteiger partial charge >= 0.3 is 0 Å². The van der Waals surface area contributed by atoms with Crippen LogP contribution >= 0.6 is 23.5 Å². The Kier molecular flexibility index (Phi) is 6.22. The minimum atomic E-state index is 0.494. The van der Waals surface area contributed by atoms with Gasteiger partial charge in [-0.05, 0) is 49.4 Å². The van der Waals surface area contributed by atoms with Gasteiger partial charge in [0.1, 0.15) is 0 Å². The molecule has 0 aliphatic carbocycles. The van der Waals surface area contributed by atoms with Gasteiger partial charge in [0.15, 0.2) is 0 Å². The van der Waals surface area contributed by atoms with Gasteiger partial charge in [-0.25, -0.2) is 0 Å². The monoisotopic (exact) mass is 241 g/mol. The van der Waals surface area contributed by atoms with E-state index < -0.39 is 0 Å². The predicted octanol–water partition coefficient (Wildman–Crippen LogP) is 3.42. The normalized spacial score (nSPS) is 12.7. The Balaban J connectivity index is 2.65. The second-order valence-corrected chi connectivity index (χ2v) is 5.26. The summed E-state index contributed by atoms with van der Waals surface area (Å²) in [5, 5.41) is 3.37. The zero-order chi connectivity index (χ0) is 11.1. The molecule has 84 valence electrons. The van der Waals surface area contributed by atoms with Crippen molar-refractivity contribution in [2.24, 2.45) is 0 Å². The van der Waals surface area contributed by atoms with Crippen molar-refractivity contribution >= 4 is 23.5 Å². The Morgan fingerprint density at radius 1 is 1.20 bits per heavy atom. The van der Waals surface area contributed by atoms with Crippen LogP contribution < -0.4 is 5.32 Å². The fraction of sp³-hybridized carbons (Fsp3) is 0.500. The molecule has 1 atom stereocenters. The summed E-state index contributed by atoms with van der Waals surface area (Å²) in [5.74, 6) is 1.20. The topological polar surface area (TPSA) is 12.0 Å². The molecule has 1 aromatic rings. The molecule has 0 saturated carbocycles. The van der Waals surface area contributed by atoms with Crippen molar-refractivity contribution in [2.75, 3.05) is 25.3 Å². The summed E-state index contributed by atoms with van der Waals surface area (Å²) >= 11 is 3.69. The molecule has 0 saturated heterocycles. The lowest BCUT2D eigenvalue weighted by Crippen LogP contribution is -2.16. The van der Waals surface area contributed by atoms with Crippen LogP contribution in [0.1, 0.15) is 18.0 Å². The Labute approximate surface area is 101 Å². The van der Waals surface area contributed by atoms with Crippen LogP contribution in [-0.2, 0) is 0 Å². The van der Waals surface area contributed by atoms with Crippen LogP contribution in [0.4, 0.5) is 0 Å². The maximum Gasteiger partial charge on any atom is 0.0325 e. The Bertz CT molecular complexity index is 271. The van der Waals surface area contributed by atoms with Crippen LogP contribution in [0.5, 0.6) is 0 Å². The minimum Gasteiger partial charge on any atom is -0.313 e. The van der Waals surface area contributed by atoms with Crippen molar-refractivity contribution in [3.8, 4) is 0 Å². The van der Waals surface area contributed by atoms with Crippen molar-refractivity contribution in [2.45, 2.75) is 17.4 Å². The summed E-state index contributed by atoms with van der Waals surface area (Å²) in [6.45, 7) is 0. The van der Waals surface area contributed by atoms with Crippen LogP contribution in [-0.4, -0.2) is 25.3 Å². The number of nitrogens with one attached hydrogen (secondary N) is 1. The molecule has 1 aromatic carbocycles. The SMILES string of the molecule is CNC(CCSC)c1ccc(SC)cc1. The molecule has 0 heterocycles. The highest BCUT2D eigenvalue weighted by molar-refractivity contribution is 7.98. The van der Waals surface area contributed by atoms with Gasteiger partial charge in [0, 0.05) is 10.9 Å². The maximum absolute atomic E-state index is 3.37. The van der Waals surface area contributed by atoms with Gasteiger partial charge in [-0.1, -0.05) is 12.1 Å². The molecule has 1 nitrogen and oxygen atoms in total. The second kappa shape index (κ2) is 7.20. The summed E-state index contributed by atoms with van der Waals surface area (Å²) in [6, 6.07) is 9.35. The number of hydrogen-bond acceptors (Lipinski definition) is 3. The Morgan fingerprint density at radius 3 is 2.33 bits per heavy atom. The lowest BCUT2D eigenvalue weighted by molar-refractivity contribution is 0.581. The standard InChI is InChI=1S/C12H19NS2/c1-13-12(8-9-14-2)10-4-6-11(15-3)7-5-10/h4-7,12-13H,8-9H2,1-3H3. The van der Waals surface area contributed by atoms with E-state index in [0.717, 1.165) is 0 Å². The summed E-state index contributed by atoms with van der Waals surface area (Å²) in [5.41, 5.74) is 1.39. The minimum absolute atomic E-state index is 0.494. The van der Waals surface area contributed by atoms with Gasteiger partial charge in [0.25, 0.3) is 0 Å².